The van der Waals surface area contributed by atoms with Gasteiger partial charge in [0.15, 0.2) is 18.9 Å². The van der Waals surface area contributed by atoms with E-state index in [0.717, 1.165) is 0 Å². The highest BCUT2D eigenvalue weighted by Crippen LogP contribution is 2.36. The molecule has 0 saturated carbocycles. The lowest BCUT2D eigenvalue weighted by Crippen LogP contribution is -2.70. The molecule has 4 rings (SSSR count). The maximum atomic E-state index is 11.0. The van der Waals surface area contributed by atoms with Crippen molar-refractivity contribution in [3.8, 4) is 0 Å². The average Bonchev–Trinajstić information content (AvgIpc) is 3.03. The molecule has 0 aliphatic carbocycles. The molecule has 45 heavy (non-hydrogen) atoms. The molecule has 4 heterocycles. The Balaban J connectivity index is 1.69. The minimum atomic E-state index is -2.19. The van der Waals surface area contributed by atoms with Crippen molar-refractivity contribution in [2.75, 3.05) is 19.8 Å². The quantitative estimate of drug-likeness (QED) is 0.109. The Hall–Kier alpha value is -0.840. The van der Waals surface area contributed by atoms with Crippen LogP contribution in [0, 0.1) is 0 Å². The van der Waals surface area contributed by atoms with Crippen LogP contribution in [0.1, 0.15) is 0 Å². The van der Waals surface area contributed by atoms with Crippen LogP contribution in [0.25, 0.3) is 0 Å². The minimum absolute atomic E-state index is 0.892. The van der Waals surface area contributed by atoms with E-state index in [0.29, 0.717) is 0 Å². The summed E-state index contributed by atoms with van der Waals surface area (Å²) >= 11 is 0. The fraction of sp³-hybridized carbons (Fsp3) is 1.00. The largest absolute Gasteiger partial charge is 0.394 e. The van der Waals surface area contributed by atoms with Gasteiger partial charge in [0.25, 0.3) is 0 Å². The second kappa shape index (κ2) is 15.1. The zero-order chi connectivity index (χ0) is 33.5. The first-order chi connectivity index (χ1) is 21.2. The molecule has 264 valence electrons. The highest BCUT2D eigenvalue weighted by atomic mass is 16.8. The number of rotatable bonds is 9. The van der Waals surface area contributed by atoms with Crippen LogP contribution in [-0.4, -0.2) is 225 Å². The van der Waals surface area contributed by atoms with E-state index in [1.165, 1.54) is 0 Å². The summed E-state index contributed by atoms with van der Waals surface area (Å²) in [5, 5.41) is 154. The molecule has 21 atom stereocenters. The van der Waals surface area contributed by atoms with Crippen LogP contribution in [0.5, 0.6) is 0 Å². The Bertz CT molecular complexity index is 927. The molecule has 21 heteroatoms. The van der Waals surface area contributed by atoms with Gasteiger partial charge >= 0.3 is 0 Å². The number of aliphatic hydroxyl groups is 15. The fourth-order valence-corrected chi connectivity index (χ4v) is 5.73. The van der Waals surface area contributed by atoms with Crippen molar-refractivity contribution in [2.45, 2.75) is 129 Å². The van der Waals surface area contributed by atoms with E-state index in [9.17, 15) is 76.6 Å². The van der Waals surface area contributed by atoms with Crippen molar-refractivity contribution in [3.63, 3.8) is 0 Å². The van der Waals surface area contributed by atoms with E-state index in [2.05, 4.69) is 0 Å². The Kier molecular flexibility index (Phi) is 12.5. The second-order valence-corrected chi connectivity index (χ2v) is 11.4. The van der Waals surface area contributed by atoms with E-state index in [-0.39, 0.29) is 0 Å². The molecule has 0 aromatic heterocycles. The first-order valence-corrected chi connectivity index (χ1v) is 14.1. The highest BCUT2D eigenvalue weighted by Gasteiger charge is 2.57. The summed E-state index contributed by atoms with van der Waals surface area (Å²) in [4.78, 5) is 0. The van der Waals surface area contributed by atoms with Crippen molar-refractivity contribution in [1.82, 2.24) is 0 Å². The lowest BCUT2D eigenvalue weighted by atomic mass is 9.86. The fourth-order valence-electron chi connectivity index (χ4n) is 5.73. The van der Waals surface area contributed by atoms with E-state index >= 15 is 0 Å². The first kappa shape index (κ1) is 37.0. The summed E-state index contributed by atoms with van der Waals surface area (Å²) in [6, 6.07) is 0. The summed E-state index contributed by atoms with van der Waals surface area (Å²) in [5.74, 6) is 0. The molecule has 21 nitrogen and oxygen atoms in total. The van der Waals surface area contributed by atoms with Crippen molar-refractivity contribution in [3.05, 3.63) is 0 Å². The molecule has 3 unspecified atom stereocenters. The van der Waals surface area contributed by atoms with Gasteiger partial charge in [-0.15, -0.1) is 0 Å². The van der Waals surface area contributed by atoms with Crippen molar-refractivity contribution < 1.29 is 105 Å². The van der Waals surface area contributed by atoms with Gasteiger partial charge in [0, 0.05) is 0 Å². The maximum absolute atomic E-state index is 11.0. The summed E-state index contributed by atoms with van der Waals surface area (Å²) in [6.45, 7) is -2.71. The van der Waals surface area contributed by atoms with Crippen molar-refractivity contribution in [2.24, 2.45) is 0 Å². The predicted octanol–water partition coefficient (Wildman–Crippen LogP) is -10.4. The molecule has 4 aliphatic rings. The van der Waals surface area contributed by atoms with Gasteiger partial charge in [-0.05, 0) is 0 Å². The van der Waals surface area contributed by atoms with Gasteiger partial charge in [0.1, 0.15) is 110 Å². The van der Waals surface area contributed by atoms with Crippen LogP contribution in [0.2, 0.25) is 0 Å². The maximum Gasteiger partial charge on any atom is 0.187 e. The number of hydrogen-bond acceptors (Lipinski definition) is 21. The Labute approximate surface area is 254 Å². The molecular weight excluding hydrogens is 624 g/mol. The standard InChI is InChI=1S/C24H42O21/c25-1-4-7(28)9(30)12(33)19(40-4)21(45-23-16(37)10(31)8(29)5(2-26)42-23)20-13(34)11(32)17(38)24(44-20)43-18-6(3-27)41-22(39)15(36)14(18)35/h4-39H,1-3H2/t4-,5-,6-,7+,8+,9+,10+,11+,12-,13-,14-,15-,16-,17-,18-,19?,20+,21?,22+,23?,24-/m1/s1. The Morgan fingerprint density at radius 1 is 0.422 bits per heavy atom. The van der Waals surface area contributed by atoms with Gasteiger partial charge in [-0.3, -0.25) is 0 Å². The van der Waals surface area contributed by atoms with Gasteiger partial charge in [0.2, 0.25) is 0 Å². The van der Waals surface area contributed by atoms with Crippen LogP contribution in [-0.2, 0) is 28.4 Å². The smallest absolute Gasteiger partial charge is 0.187 e. The number of hydrogen-bond donors (Lipinski definition) is 15. The number of aliphatic hydroxyl groups excluding tert-OH is 15. The van der Waals surface area contributed by atoms with E-state index in [1.807, 2.05) is 0 Å². The van der Waals surface area contributed by atoms with Gasteiger partial charge in [0.05, 0.1) is 19.8 Å². The molecule has 0 aromatic rings. The van der Waals surface area contributed by atoms with E-state index in [1.54, 1.807) is 0 Å². The zero-order valence-corrected chi connectivity index (χ0v) is 23.4. The topological polar surface area (TPSA) is 359 Å². The molecule has 0 aromatic carbocycles. The Morgan fingerprint density at radius 2 is 0.889 bits per heavy atom. The van der Waals surface area contributed by atoms with Gasteiger partial charge in [-0.25, -0.2) is 0 Å². The molecule has 15 N–H and O–H groups in total. The molecule has 0 radical (unpaired) electrons. The van der Waals surface area contributed by atoms with Crippen molar-refractivity contribution in [1.29, 1.82) is 0 Å². The molecule has 0 spiro atoms. The molecule has 4 saturated heterocycles. The zero-order valence-electron chi connectivity index (χ0n) is 23.4. The second-order valence-electron chi connectivity index (χ2n) is 11.4. The molecule has 4 aliphatic heterocycles. The third-order valence-corrected chi connectivity index (χ3v) is 8.45. The lowest BCUT2D eigenvalue weighted by Gasteiger charge is -2.51. The normalized spacial score (nSPS) is 53.7. The van der Waals surface area contributed by atoms with Crippen LogP contribution < -0.4 is 0 Å². The minimum Gasteiger partial charge on any atom is -0.394 e. The van der Waals surface area contributed by atoms with Gasteiger partial charge < -0.3 is 105 Å². The third-order valence-electron chi connectivity index (χ3n) is 8.45. The summed E-state index contributed by atoms with van der Waals surface area (Å²) in [7, 11) is 0. The molecule has 0 amide bonds. The monoisotopic (exact) mass is 666 g/mol. The van der Waals surface area contributed by atoms with Gasteiger partial charge in [-0.2, -0.15) is 0 Å². The van der Waals surface area contributed by atoms with Crippen LogP contribution in [0.4, 0.5) is 0 Å². The predicted molar refractivity (Wildman–Crippen MR) is 134 cm³/mol. The molecule has 4 fully saturated rings. The van der Waals surface area contributed by atoms with Crippen LogP contribution >= 0.6 is 0 Å². The van der Waals surface area contributed by atoms with Crippen molar-refractivity contribution >= 4 is 0 Å². The average molecular weight is 667 g/mol. The lowest BCUT2D eigenvalue weighted by molar-refractivity contribution is -0.383. The van der Waals surface area contributed by atoms with E-state index < -0.39 is 149 Å². The van der Waals surface area contributed by atoms with E-state index in [4.69, 9.17) is 28.4 Å². The molecule has 0 bridgehead atoms. The highest BCUT2D eigenvalue weighted by molar-refractivity contribution is 5.03. The van der Waals surface area contributed by atoms with Crippen LogP contribution in [0.3, 0.4) is 0 Å². The number of ether oxygens (including phenoxy) is 6. The third kappa shape index (κ3) is 7.15. The van der Waals surface area contributed by atoms with Gasteiger partial charge in [-0.1, -0.05) is 0 Å². The SMILES string of the molecule is OC[C@H]1OC(OC(C2O[C@H](CO)[C@H](O)[C@H](O)[C@H]2O)[C@H]2O[C@@H](O[C@H]3[C@H](O)[C@@H](O)[C@@H](O)O[C@@H]3CO)[C@H](O)[C@@H](O)[C@H]2O)[C@H](O)[C@@H](O)[C@H]1O. The first-order valence-electron chi connectivity index (χ1n) is 14.1. The molecular formula is C24H42O21. The Morgan fingerprint density at radius 3 is 1.44 bits per heavy atom. The summed E-state index contributed by atoms with van der Waals surface area (Å²) < 4.78 is 32.8. The van der Waals surface area contributed by atoms with Crippen LogP contribution in [0.15, 0.2) is 0 Å². The summed E-state index contributed by atoms with van der Waals surface area (Å²) in [5.41, 5.74) is 0. The summed E-state index contributed by atoms with van der Waals surface area (Å²) in [6.07, 6.45) is -40.8.